The summed E-state index contributed by atoms with van der Waals surface area (Å²) < 4.78 is 6.32. The van der Waals surface area contributed by atoms with Crippen LogP contribution < -0.4 is 0 Å². The number of hydrogen-bond donors (Lipinski definition) is 1. The van der Waals surface area contributed by atoms with Gasteiger partial charge in [0.25, 0.3) is 6.17 Å². The Labute approximate surface area is 118 Å². The van der Waals surface area contributed by atoms with Crippen LogP contribution in [0, 0.1) is 5.21 Å². The van der Waals surface area contributed by atoms with Gasteiger partial charge < -0.3 is 15.1 Å². The van der Waals surface area contributed by atoms with Crippen LogP contribution in [0.3, 0.4) is 0 Å². The molecule has 2 aliphatic rings. The summed E-state index contributed by atoms with van der Waals surface area (Å²) in [5.41, 5.74) is 0.326. The van der Waals surface area contributed by atoms with E-state index in [0.29, 0.717) is 38.4 Å². The molecule has 20 heavy (non-hydrogen) atoms. The number of hydrogen-bond acceptors (Lipinski definition) is 4. The summed E-state index contributed by atoms with van der Waals surface area (Å²) >= 11 is 0. The molecule has 1 aromatic rings. The largest absolute Gasteiger partial charge is 0.623 e. The third-order valence-electron chi connectivity index (χ3n) is 4.22. The third kappa shape index (κ3) is 2.12. The molecule has 2 atom stereocenters. The molecular weight excluding hydrogens is 256 g/mol. The average Bonchev–Trinajstić information content (AvgIpc) is 2.72. The van der Waals surface area contributed by atoms with Gasteiger partial charge in [0.1, 0.15) is 0 Å². The van der Waals surface area contributed by atoms with Crippen molar-refractivity contribution in [3.8, 4) is 0 Å². The van der Waals surface area contributed by atoms with E-state index in [9.17, 15) is 10.3 Å². The van der Waals surface area contributed by atoms with E-state index in [-0.39, 0.29) is 0 Å². The molecule has 0 bridgehead atoms. The molecule has 0 aliphatic carbocycles. The molecule has 2 aliphatic heterocycles. The van der Waals surface area contributed by atoms with Crippen molar-refractivity contribution in [2.45, 2.75) is 25.1 Å². The van der Waals surface area contributed by atoms with Gasteiger partial charge in [-0.05, 0) is 5.56 Å². The van der Waals surface area contributed by atoms with Crippen LogP contribution in [-0.2, 0) is 10.3 Å². The molecule has 5 nitrogen and oxygen atoms in total. The van der Waals surface area contributed by atoms with E-state index in [4.69, 9.17) is 4.74 Å². The molecule has 108 valence electrons. The predicted molar refractivity (Wildman–Crippen MR) is 75.4 cm³/mol. The lowest BCUT2D eigenvalue weighted by Gasteiger charge is -2.37. The summed E-state index contributed by atoms with van der Waals surface area (Å²) in [7, 11) is 0. The minimum Gasteiger partial charge on any atom is -0.623 e. The monoisotopic (exact) mass is 276 g/mol. The Morgan fingerprint density at radius 3 is 2.60 bits per heavy atom. The van der Waals surface area contributed by atoms with E-state index in [1.54, 1.807) is 6.92 Å². The summed E-state index contributed by atoms with van der Waals surface area (Å²) in [4.78, 5) is 2.03. The highest BCUT2D eigenvalue weighted by Gasteiger charge is 2.54. The molecule has 1 saturated heterocycles. The highest BCUT2D eigenvalue weighted by atomic mass is 16.5. The van der Waals surface area contributed by atoms with Crippen molar-refractivity contribution in [1.82, 2.24) is 4.90 Å². The summed E-state index contributed by atoms with van der Waals surface area (Å²) in [5.74, 6) is 0. The normalized spacial score (nSPS) is 31.8. The Morgan fingerprint density at radius 1 is 1.30 bits per heavy atom. The lowest BCUT2D eigenvalue weighted by molar-refractivity contribution is -0.546. The maximum Gasteiger partial charge on any atom is 0.253 e. The molecule has 1 N–H and O–H groups in total. The van der Waals surface area contributed by atoms with Crippen LogP contribution in [0.2, 0.25) is 0 Å². The SMILES string of the molecule is CC1=[N+]([O-])[C@H](N2CCOCC2)[C@](O)(c2ccccc2)C1. The Hall–Kier alpha value is -1.43. The first-order valence-electron chi connectivity index (χ1n) is 7.01. The zero-order valence-electron chi connectivity index (χ0n) is 11.7. The van der Waals surface area contributed by atoms with E-state index in [0.717, 1.165) is 10.3 Å². The number of hydroxylamine groups is 1. The Kier molecular flexibility index (Phi) is 3.50. The van der Waals surface area contributed by atoms with Crippen LogP contribution in [-0.4, -0.2) is 52.9 Å². The molecule has 0 amide bonds. The van der Waals surface area contributed by atoms with Crippen molar-refractivity contribution >= 4 is 5.71 Å². The first kappa shape index (κ1) is 13.5. The summed E-state index contributed by atoms with van der Waals surface area (Å²) in [5, 5.41) is 23.6. The maximum absolute atomic E-state index is 12.4. The van der Waals surface area contributed by atoms with Crippen LogP contribution in [0.4, 0.5) is 0 Å². The molecule has 3 rings (SSSR count). The standard InChI is InChI=1S/C15H20N2O3/c1-12-11-15(18,13-5-3-2-4-6-13)14(17(12)19)16-7-9-20-10-8-16/h2-6,14,18H,7-11H2,1H3/t14-,15+/m0/s1. The van der Waals surface area contributed by atoms with Crippen LogP contribution in [0.5, 0.6) is 0 Å². The second kappa shape index (κ2) is 5.16. The van der Waals surface area contributed by atoms with Gasteiger partial charge >= 0.3 is 0 Å². The quantitative estimate of drug-likeness (QED) is 0.644. The van der Waals surface area contributed by atoms with Gasteiger partial charge in [-0.2, -0.15) is 4.74 Å². The van der Waals surface area contributed by atoms with Crippen molar-refractivity contribution < 1.29 is 14.6 Å². The highest BCUT2D eigenvalue weighted by Crippen LogP contribution is 2.37. The van der Waals surface area contributed by atoms with Crippen molar-refractivity contribution in [1.29, 1.82) is 0 Å². The first-order valence-corrected chi connectivity index (χ1v) is 7.01. The Balaban J connectivity index is 1.97. The van der Waals surface area contributed by atoms with Gasteiger partial charge in [-0.25, -0.2) is 4.90 Å². The van der Waals surface area contributed by atoms with Crippen LogP contribution in [0.1, 0.15) is 18.9 Å². The van der Waals surface area contributed by atoms with Gasteiger partial charge in [0.2, 0.25) is 0 Å². The topological polar surface area (TPSA) is 58.8 Å². The number of morpholine rings is 1. The molecule has 0 radical (unpaired) electrons. The summed E-state index contributed by atoms with van der Waals surface area (Å²) in [6.45, 7) is 4.35. The van der Waals surface area contributed by atoms with Crippen LogP contribution >= 0.6 is 0 Å². The fourth-order valence-electron chi connectivity index (χ4n) is 3.21. The molecule has 5 heteroatoms. The van der Waals surface area contributed by atoms with Gasteiger partial charge in [-0.1, -0.05) is 30.3 Å². The molecule has 2 heterocycles. The van der Waals surface area contributed by atoms with E-state index in [1.807, 2.05) is 35.2 Å². The summed E-state index contributed by atoms with van der Waals surface area (Å²) in [6, 6.07) is 9.48. The fraction of sp³-hybridized carbons (Fsp3) is 0.533. The lowest BCUT2D eigenvalue weighted by Crippen LogP contribution is -2.55. The number of nitrogens with zero attached hydrogens (tertiary/aromatic N) is 2. The lowest BCUT2D eigenvalue weighted by atomic mass is 9.87. The van der Waals surface area contributed by atoms with E-state index >= 15 is 0 Å². The molecule has 1 aromatic carbocycles. The van der Waals surface area contributed by atoms with E-state index < -0.39 is 11.8 Å². The maximum atomic E-state index is 12.4. The molecular formula is C15H20N2O3. The van der Waals surface area contributed by atoms with E-state index in [2.05, 4.69) is 0 Å². The van der Waals surface area contributed by atoms with Gasteiger partial charge in [-0.3, -0.25) is 0 Å². The zero-order chi connectivity index (χ0) is 14.2. The molecule has 1 fully saturated rings. The van der Waals surface area contributed by atoms with Crippen molar-refractivity contribution in [2.24, 2.45) is 0 Å². The minimum atomic E-state index is -1.15. The van der Waals surface area contributed by atoms with Crippen LogP contribution in [0.25, 0.3) is 0 Å². The molecule has 0 aromatic heterocycles. The average molecular weight is 276 g/mol. The van der Waals surface area contributed by atoms with Crippen molar-refractivity contribution in [3.63, 3.8) is 0 Å². The minimum absolute atomic E-state index is 0.378. The van der Waals surface area contributed by atoms with Gasteiger partial charge in [0.05, 0.1) is 19.6 Å². The van der Waals surface area contributed by atoms with Crippen molar-refractivity contribution in [2.75, 3.05) is 26.3 Å². The molecule has 0 saturated carbocycles. The Bertz CT molecular complexity index is 511. The van der Waals surface area contributed by atoms with Crippen LogP contribution in [0.15, 0.2) is 30.3 Å². The highest BCUT2D eigenvalue weighted by molar-refractivity contribution is 5.80. The number of aliphatic hydroxyl groups is 1. The number of ether oxygens (including phenoxy) is 1. The number of benzene rings is 1. The zero-order valence-corrected chi connectivity index (χ0v) is 11.7. The van der Waals surface area contributed by atoms with Gasteiger partial charge in [0, 0.05) is 20.0 Å². The van der Waals surface area contributed by atoms with Gasteiger partial charge in [0.15, 0.2) is 11.3 Å². The second-order valence-electron chi connectivity index (χ2n) is 5.55. The molecule has 0 unspecified atom stereocenters. The smallest absolute Gasteiger partial charge is 0.253 e. The Morgan fingerprint density at radius 2 is 1.95 bits per heavy atom. The first-order chi connectivity index (χ1) is 9.63. The summed E-state index contributed by atoms with van der Waals surface area (Å²) in [6.07, 6.45) is -0.184. The third-order valence-corrected chi connectivity index (χ3v) is 4.22. The molecule has 0 spiro atoms. The fourth-order valence-corrected chi connectivity index (χ4v) is 3.21. The van der Waals surface area contributed by atoms with Crippen molar-refractivity contribution in [3.05, 3.63) is 41.1 Å². The number of rotatable bonds is 2. The second-order valence-corrected chi connectivity index (χ2v) is 5.55. The van der Waals surface area contributed by atoms with E-state index in [1.165, 1.54) is 0 Å². The predicted octanol–water partition coefficient (Wildman–Crippen LogP) is 0.907. The van der Waals surface area contributed by atoms with Gasteiger partial charge in [-0.15, -0.1) is 0 Å².